The maximum absolute atomic E-state index is 4.85. The highest BCUT2D eigenvalue weighted by atomic mass is 35.5. The third-order valence-electron chi connectivity index (χ3n) is 0. The molecule has 0 amide bonds. The van der Waals surface area contributed by atoms with E-state index in [0.29, 0.717) is 0 Å². The Balaban J connectivity index is 0. The average Bonchev–Trinajstić information content (AvgIpc) is 1.33. The molecule has 2 heteroatoms. The van der Waals surface area contributed by atoms with E-state index in [1.807, 2.05) is 0 Å². The first-order valence-corrected chi connectivity index (χ1v) is 2.19. The van der Waals surface area contributed by atoms with Crippen LogP contribution in [0, 0.1) is 0 Å². The van der Waals surface area contributed by atoms with Crippen molar-refractivity contribution in [3.05, 3.63) is 30.0 Å². The Morgan fingerprint density at radius 2 is 1.29 bits per heavy atom. The molecule has 0 aromatic rings. The van der Waals surface area contributed by atoms with E-state index in [2.05, 4.69) is 25.5 Å². The lowest BCUT2D eigenvalue weighted by molar-refractivity contribution is 2.45. The van der Waals surface area contributed by atoms with Gasteiger partial charge in [0.1, 0.15) is 0 Å². The van der Waals surface area contributed by atoms with E-state index in [0.717, 1.165) is 0 Å². The smallest absolute Gasteiger partial charge is 0.0992 e. The van der Waals surface area contributed by atoms with E-state index in [1.165, 1.54) is 0 Å². The van der Waals surface area contributed by atoms with Crippen LogP contribution in [0.15, 0.2) is 30.0 Å². The summed E-state index contributed by atoms with van der Waals surface area (Å²) in [5.74, 6) is 0. The molecule has 0 fully saturated rings. The second-order valence-electron chi connectivity index (χ2n) is 0.589. The Labute approximate surface area is 53.7 Å². The summed E-state index contributed by atoms with van der Waals surface area (Å²) < 4.78 is 0.111. The molecular formula is C5H6Cl2. The van der Waals surface area contributed by atoms with Gasteiger partial charge in [-0.15, -0.1) is 5.73 Å². The molecule has 0 aliphatic carbocycles. The van der Waals surface area contributed by atoms with Crippen molar-refractivity contribution < 1.29 is 0 Å². The minimum atomic E-state index is 0.111. The highest BCUT2D eigenvalue weighted by Gasteiger charge is 1.60. The number of halogens is 2. The van der Waals surface area contributed by atoms with Gasteiger partial charge in [0, 0.05) is 0 Å². The van der Waals surface area contributed by atoms with Crippen LogP contribution in [0.5, 0.6) is 0 Å². The lowest BCUT2D eigenvalue weighted by Gasteiger charge is -1.57. The Bertz CT molecular complexity index is 74.1. The van der Waals surface area contributed by atoms with Crippen LogP contribution in [0.2, 0.25) is 0 Å². The summed E-state index contributed by atoms with van der Waals surface area (Å²) in [6, 6.07) is 0. The van der Waals surface area contributed by atoms with Crippen LogP contribution < -0.4 is 0 Å². The molecule has 0 nitrogen and oxygen atoms in total. The first kappa shape index (κ1) is 9.96. The molecule has 0 bridgehead atoms. The number of rotatable bonds is 0. The van der Waals surface area contributed by atoms with Crippen LogP contribution in [-0.2, 0) is 0 Å². The van der Waals surface area contributed by atoms with Crippen LogP contribution in [-0.4, -0.2) is 0 Å². The summed E-state index contributed by atoms with van der Waals surface area (Å²) in [5, 5.41) is 0. The molecule has 0 aromatic heterocycles. The average molecular weight is 137 g/mol. The Morgan fingerprint density at radius 1 is 1.29 bits per heavy atom. The molecule has 0 saturated heterocycles. The molecule has 0 unspecified atom stereocenters. The van der Waals surface area contributed by atoms with Gasteiger partial charge in [0.2, 0.25) is 0 Å². The topological polar surface area (TPSA) is 0 Å². The van der Waals surface area contributed by atoms with Crippen LogP contribution in [0.25, 0.3) is 0 Å². The van der Waals surface area contributed by atoms with Gasteiger partial charge in [0.15, 0.2) is 0 Å². The molecule has 0 radical (unpaired) electrons. The Kier molecular flexibility index (Phi) is 13.2. The zero-order valence-electron chi connectivity index (χ0n) is 3.88. The van der Waals surface area contributed by atoms with Gasteiger partial charge in [-0.2, -0.15) is 0 Å². The van der Waals surface area contributed by atoms with Crippen LogP contribution in [0.1, 0.15) is 0 Å². The summed E-state index contributed by atoms with van der Waals surface area (Å²) >= 11 is 9.69. The van der Waals surface area contributed by atoms with Crippen molar-refractivity contribution in [1.82, 2.24) is 0 Å². The minimum Gasteiger partial charge on any atom is -0.137 e. The first-order chi connectivity index (χ1) is 3.15. The molecular weight excluding hydrogens is 131 g/mol. The van der Waals surface area contributed by atoms with Gasteiger partial charge >= 0.3 is 0 Å². The molecule has 0 aliphatic rings. The molecule has 0 saturated carbocycles. The molecule has 7 heavy (non-hydrogen) atoms. The van der Waals surface area contributed by atoms with Gasteiger partial charge in [-0.1, -0.05) is 42.9 Å². The second-order valence-corrected chi connectivity index (χ2v) is 1.69. The first-order valence-electron chi connectivity index (χ1n) is 1.44. The number of hydrogen-bond donors (Lipinski definition) is 0. The van der Waals surface area contributed by atoms with E-state index in [4.69, 9.17) is 23.2 Å². The van der Waals surface area contributed by atoms with Crippen molar-refractivity contribution in [3.8, 4) is 0 Å². The fourth-order valence-corrected chi connectivity index (χ4v) is 0. The lowest BCUT2D eigenvalue weighted by Crippen LogP contribution is -1.24. The third kappa shape index (κ3) is 3360. The molecule has 0 N–H and O–H groups in total. The quantitative estimate of drug-likeness (QED) is 0.450. The zero-order chi connectivity index (χ0) is 6.28. The lowest BCUT2D eigenvalue weighted by atomic mass is 11.0. The number of hydrogen-bond acceptors (Lipinski definition) is 0. The minimum absolute atomic E-state index is 0.111. The third-order valence-corrected chi connectivity index (χ3v) is 0. The maximum atomic E-state index is 4.85. The normalized spacial score (nSPS) is 4.86. The molecule has 0 spiro atoms. The van der Waals surface area contributed by atoms with Crippen molar-refractivity contribution in [2.45, 2.75) is 0 Å². The summed E-state index contributed by atoms with van der Waals surface area (Å²) in [7, 11) is 0. The van der Waals surface area contributed by atoms with Crippen LogP contribution in [0.3, 0.4) is 0 Å². The zero-order valence-corrected chi connectivity index (χ0v) is 5.39. The second kappa shape index (κ2) is 9.28. The summed E-state index contributed by atoms with van der Waals surface area (Å²) in [6.07, 6.45) is 0. The van der Waals surface area contributed by atoms with Crippen molar-refractivity contribution in [3.63, 3.8) is 0 Å². The van der Waals surface area contributed by atoms with E-state index in [1.54, 1.807) is 0 Å². The molecule has 0 aliphatic heterocycles. The van der Waals surface area contributed by atoms with Crippen molar-refractivity contribution in [2.24, 2.45) is 0 Å². The van der Waals surface area contributed by atoms with E-state index < -0.39 is 0 Å². The molecule has 0 aromatic carbocycles. The maximum Gasteiger partial charge on any atom is 0.0992 e. The summed E-state index contributed by atoms with van der Waals surface area (Å²) in [5.41, 5.74) is 2.25. The van der Waals surface area contributed by atoms with Crippen LogP contribution >= 0.6 is 23.2 Å². The van der Waals surface area contributed by atoms with Crippen molar-refractivity contribution >= 4 is 23.2 Å². The van der Waals surface area contributed by atoms with Gasteiger partial charge in [0.05, 0.1) is 4.49 Å². The SMILES string of the molecule is C=C(Cl)Cl.C=C=C. The Morgan fingerprint density at radius 3 is 1.29 bits per heavy atom. The predicted molar refractivity (Wildman–Crippen MR) is 35.6 cm³/mol. The molecule has 0 atom stereocenters. The highest BCUT2D eigenvalue weighted by Crippen LogP contribution is 1.98. The van der Waals surface area contributed by atoms with E-state index in [-0.39, 0.29) is 4.49 Å². The summed E-state index contributed by atoms with van der Waals surface area (Å²) in [4.78, 5) is 0. The van der Waals surface area contributed by atoms with Crippen molar-refractivity contribution in [1.29, 1.82) is 0 Å². The molecule has 40 valence electrons. The van der Waals surface area contributed by atoms with E-state index in [9.17, 15) is 0 Å². The monoisotopic (exact) mass is 136 g/mol. The van der Waals surface area contributed by atoms with Gasteiger partial charge in [0.25, 0.3) is 0 Å². The van der Waals surface area contributed by atoms with Crippen molar-refractivity contribution in [2.75, 3.05) is 0 Å². The largest absolute Gasteiger partial charge is 0.137 e. The predicted octanol–water partition coefficient (Wildman–Crippen LogP) is 2.89. The van der Waals surface area contributed by atoms with Gasteiger partial charge in [-0.25, -0.2) is 0 Å². The fourth-order valence-electron chi connectivity index (χ4n) is 0. The van der Waals surface area contributed by atoms with E-state index >= 15 is 0 Å². The van der Waals surface area contributed by atoms with Gasteiger partial charge in [-0.3, -0.25) is 0 Å². The Hall–Kier alpha value is -0.160. The van der Waals surface area contributed by atoms with Crippen LogP contribution in [0.4, 0.5) is 0 Å². The summed E-state index contributed by atoms with van der Waals surface area (Å²) in [6.45, 7) is 9.34. The van der Waals surface area contributed by atoms with Gasteiger partial charge < -0.3 is 0 Å². The standard InChI is InChI=1S/C3H4.C2H2Cl2/c1-3-2;1-2(3)4/h1-2H2;1H2. The fraction of sp³-hybridized carbons (Fsp3) is 0. The van der Waals surface area contributed by atoms with Gasteiger partial charge in [-0.05, 0) is 0 Å². The highest BCUT2D eigenvalue weighted by molar-refractivity contribution is 6.55. The molecule has 0 heterocycles. The molecule has 0 rings (SSSR count).